The van der Waals surface area contributed by atoms with Crippen LogP contribution in [0.15, 0.2) is 0 Å². The van der Waals surface area contributed by atoms with E-state index in [1.165, 1.54) is 25.7 Å². The van der Waals surface area contributed by atoms with Crippen molar-refractivity contribution in [2.24, 2.45) is 52.3 Å². The smallest absolute Gasteiger partial charge is 0.264 e. The summed E-state index contributed by atoms with van der Waals surface area (Å²) >= 11 is 0. The molecule has 0 aromatic carbocycles. The van der Waals surface area contributed by atoms with Gasteiger partial charge in [0.15, 0.2) is 0 Å². The topological polar surface area (TPSA) is 94.8 Å². The van der Waals surface area contributed by atoms with Gasteiger partial charge >= 0.3 is 0 Å². The van der Waals surface area contributed by atoms with Gasteiger partial charge in [0.25, 0.3) is 10.1 Å². The summed E-state index contributed by atoms with van der Waals surface area (Å²) in [6.07, 6.45) is 9.39. The number of aliphatic hydroxyl groups excluding tert-OH is 2. The molecule has 0 heterocycles. The Labute approximate surface area is 195 Å². The van der Waals surface area contributed by atoms with Crippen molar-refractivity contribution in [2.75, 3.05) is 5.75 Å². The predicted octanol–water partition coefficient (Wildman–Crippen LogP) is 4.92. The fourth-order valence-electron chi connectivity index (χ4n) is 9.72. The molecule has 0 aliphatic heterocycles. The molecule has 0 amide bonds. The lowest BCUT2D eigenvalue weighted by molar-refractivity contribution is -0.203. The van der Waals surface area contributed by atoms with Crippen LogP contribution < -0.4 is 0 Å². The number of hydrogen-bond donors (Lipinski definition) is 3. The third kappa shape index (κ3) is 4.09. The van der Waals surface area contributed by atoms with Crippen molar-refractivity contribution in [3.05, 3.63) is 0 Å². The second-order valence-corrected chi connectivity index (χ2v) is 14.1. The standard InChI is InChI=1S/C26H46O5S/c1-5-18-22-15-17(27)10-12-26(22,4)21-11-13-25(3)19(8-9-20(25)23(21)24(18)28)16(2)7-6-14-32(29,30)31/h16-24,27-28H,5-15H2,1-4H3,(H,29,30,31)/t16-,17-,18-,19-,20?,21?,22+,23?,24-,25-,26-/m1/s1. The number of hydrogen-bond acceptors (Lipinski definition) is 4. The molecule has 0 aromatic heterocycles. The van der Waals surface area contributed by atoms with Crippen LogP contribution in [0.2, 0.25) is 0 Å². The minimum absolute atomic E-state index is 0.141. The molecule has 0 bridgehead atoms. The van der Waals surface area contributed by atoms with E-state index in [2.05, 4.69) is 27.7 Å². The largest absolute Gasteiger partial charge is 0.393 e. The fourth-order valence-corrected chi connectivity index (χ4v) is 10.3. The lowest BCUT2D eigenvalue weighted by atomic mass is 9.41. The average molecular weight is 471 g/mol. The van der Waals surface area contributed by atoms with Crippen LogP contribution in [0.5, 0.6) is 0 Å². The Morgan fingerprint density at radius 2 is 1.62 bits per heavy atom. The zero-order chi connectivity index (χ0) is 23.5. The van der Waals surface area contributed by atoms with Gasteiger partial charge in [-0.15, -0.1) is 0 Å². The van der Waals surface area contributed by atoms with E-state index >= 15 is 0 Å². The molecule has 0 radical (unpaired) electrons. The molecular weight excluding hydrogens is 424 g/mol. The van der Waals surface area contributed by atoms with E-state index in [1.54, 1.807) is 0 Å². The Balaban J connectivity index is 1.56. The molecule has 4 rings (SSSR count). The zero-order valence-corrected chi connectivity index (χ0v) is 21.4. The summed E-state index contributed by atoms with van der Waals surface area (Å²) in [4.78, 5) is 0. The van der Waals surface area contributed by atoms with E-state index in [0.717, 1.165) is 32.1 Å². The van der Waals surface area contributed by atoms with Gasteiger partial charge < -0.3 is 10.2 Å². The third-order valence-corrected chi connectivity index (χ3v) is 12.0. The maximum absolute atomic E-state index is 11.7. The summed E-state index contributed by atoms with van der Waals surface area (Å²) < 4.78 is 31.4. The Kier molecular flexibility index (Phi) is 6.86. The summed E-state index contributed by atoms with van der Waals surface area (Å²) in [5.74, 6) is 2.98. The van der Waals surface area contributed by atoms with Crippen LogP contribution in [0.1, 0.15) is 91.9 Å². The Morgan fingerprint density at radius 3 is 2.28 bits per heavy atom. The first-order valence-electron chi connectivity index (χ1n) is 13.2. The second-order valence-electron chi connectivity index (χ2n) is 12.5. The molecule has 186 valence electrons. The molecule has 6 heteroatoms. The molecule has 0 aromatic rings. The predicted molar refractivity (Wildman–Crippen MR) is 127 cm³/mol. The van der Waals surface area contributed by atoms with Gasteiger partial charge in [0.2, 0.25) is 0 Å². The summed E-state index contributed by atoms with van der Waals surface area (Å²) in [5.41, 5.74) is 0.430. The van der Waals surface area contributed by atoms with Gasteiger partial charge in [-0.05, 0) is 110 Å². The van der Waals surface area contributed by atoms with Gasteiger partial charge in [-0.3, -0.25) is 4.55 Å². The first kappa shape index (κ1) is 24.9. The van der Waals surface area contributed by atoms with E-state index in [0.29, 0.717) is 41.9 Å². The SMILES string of the molecule is CC[C@H]1[C@@H](O)C2C3CC[C@H]([C@H](C)CCCS(=O)(=O)O)[C@@]3(C)CCC2[C@@]2(C)CC[C@@H](O)C[C@@H]12. The van der Waals surface area contributed by atoms with Crippen molar-refractivity contribution in [2.45, 2.75) is 104 Å². The van der Waals surface area contributed by atoms with Crippen LogP contribution >= 0.6 is 0 Å². The molecule has 3 N–H and O–H groups in total. The highest BCUT2D eigenvalue weighted by molar-refractivity contribution is 7.85. The van der Waals surface area contributed by atoms with Gasteiger partial charge in [0, 0.05) is 0 Å². The van der Waals surface area contributed by atoms with Gasteiger partial charge in [-0.2, -0.15) is 8.42 Å². The lowest BCUT2D eigenvalue weighted by Gasteiger charge is -2.64. The maximum Gasteiger partial charge on any atom is 0.264 e. The Hall–Kier alpha value is -0.170. The van der Waals surface area contributed by atoms with Crippen LogP contribution in [-0.2, 0) is 10.1 Å². The highest BCUT2D eigenvalue weighted by Crippen LogP contribution is 2.69. The van der Waals surface area contributed by atoms with E-state index < -0.39 is 10.1 Å². The number of aliphatic hydroxyl groups is 2. The zero-order valence-electron chi connectivity index (χ0n) is 20.5. The summed E-state index contributed by atoms with van der Waals surface area (Å²) in [6, 6.07) is 0. The highest BCUT2D eigenvalue weighted by Gasteiger charge is 2.64. The van der Waals surface area contributed by atoms with E-state index in [4.69, 9.17) is 4.55 Å². The van der Waals surface area contributed by atoms with Gasteiger partial charge in [-0.1, -0.05) is 34.1 Å². The minimum atomic E-state index is -3.89. The molecule has 4 aliphatic carbocycles. The minimum Gasteiger partial charge on any atom is -0.393 e. The molecule has 4 aliphatic rings. The van der Waals surface area contributed by atoms with Crippen molar-refractivity contribution >= 4 is 10.1 Å². The van der Waals surface area contributed by atoms with Crippen molar-refractivity contribution in [3.8, 4) is 0 Å². The average Bonchev–Trinajstić information content (AvgIpc) is 3.06. The molecule has 11 atom stereocenters. The van der Waals surface area contributed by atoms with Crippen LogP contribution in [0.3, 0.4) is 0 Å². The first-order valence-corrected chi connectivity index (χ1v) is 14.8. The molecule has 0 spiro atoms. The van der Waals surface area contributed by atoms with Gasteiger partial charge in [0.1, 0.15) is 0 Å². The van der Waals surface area contributed by atoms with E-state index in [1.807, 2.05) is 0 Å². The highest BCUT2D eigenvalue weighted by atomic mass is 32.2. The number of rotatable bonds is 6. The summed E-state index contributed by atoms with van der Waals surface area (Å²) in [6.45, 7) is 9.41. The van der Waals surface area contributed by atoms with Crippen molar-refractivity contribution in [1.29, 1.82) is 0 Å². The van der Waals surface area contributed by atoms with Crippen LogP contribution in [0, 0.1) is 52.3 Å². The molecular formula is C26H46O5S. The van der Waals surface area contributed by atoms with Crippen LogP contribution in [0.4, 0.5) is 0 Å². The molecule has 4 fully saturated rings. The maximum atomic E-state index is 11.7. The number of fused-ring (bicyclic) bond motifs is 5. The van der Waals surface area contributed by atoms with Crippen molar-refractivity contribution < 1.29 is 23.2 Å². The summed E-state index contributed by atoms with van der Waals surface area (Å²) in [7, 11) is -3.89. The van der Waals surface area contributed by atoms with E-state index in [-0.39, 0.29) is 34.7 Å². The van der Waals surface area contributed by atoms with Gasteiger partial charge in [0.05, 0.1) is 18.0 Å². The first-order chi connectivity index (χ1) is 14.9. The fraction of sp³-hybridized carbons (Fsp3) is 1.00. The monoisotopic (exact) mass is 470 g/mol. The third-order valence-electron chi connectivity index (χ3n) is 11.2. The molecule has 0 saturated heterocycles. The Morgan fingerprint density at radius 1 is 0.969 bits per heavy atom. The molecule has 5 nitrogen and oxygen atoms in total. The normalized spacial score (nSPS) is 49.7. The lowest BCUT2D eigenvalue weighted by Crippen LogP contribution is -2.62. The summed E-state index contributed by atoms with van der Waals surface area (Å²) in [5, 5.41) is 22.2. The second kappa shape index (κ2) is 8.80. The molecule has 3 unspecified atom stereocenters. The van der Waals surface area contributed by atoms with Crippen LogP contribution in [-0.4, -0.2) is 41.1 Å². The van der Waals surface area contributed by atoms with Crippen LogP contribution in [0.25, 0.3) is 0 Å². The van der Waals surface area contributed by atoms with Gasteiger partial charge in [-0.25, -0.2) is 0 Å². The quantitative estimate of drug-likeness (QED) is 0.479. The molecule has 32 heavy (non-hydrogen) atoms. The van der Waals surface area contributed by atoms with Crippen molar-refractivity contribution in [3.63, 3.8) is 0 Å². The Bertz CT molecular complexity index is 783. The van der Waals surface area contributed by atoms with Crippen molar-refractivity contribution in [1.82, 2.24) is 0 Å². The molecule has 4 saturated carbocycles. The van der Waals surface area contributed by atoms with E-state index in [9.17, 15) is 18.6 Å².